The first-order chi connectivity index (χ1) is 16.9. The summed E-state index contributed by atoms with van der Waals surface area (Å²) in [7, 11) is 1.55. The summed E-state index contributed by atoms with van der Waals surface area (Å²) < 4.78 is 17.4. The highest BCUT2D eigenvalue weighted by atomic mass is 16.7. The first-order valence-corrected chi connectivity index (χ1v) is 11.5. The molecular formula is C27H29N3O5. The third kappa shape index (κ3) is 5.21. The van der Waals surface area contributed by atoms with Gasteiger partial charge in [0.25, 0.3) is 5.91 Å². The van der Waals surface area contributed by atoms with Crippen LogP contribution in [0.2, 0.25) is 0 Å². The number of ether oxygens (including phenoxy) is 3. The van der Waals surface area contributed by atoms with Crippen molar-refractivity contribution in [1.82, 2.24) is 5.06 Å². The summed E-state index contributed by atoms with van der Waals surface area (Å²) in [4.78, 5) is 21.9. The van der Waals surface area contributed by atoms with Gasteiger partial charge in [0.1, 0.15) is 24.7 Å². The second-order valence-corrected chi connectivity index (χ2v) is 8.28. The molecule has 1 amide bonds. The molecule has 0 unspecified atom stereocenters. The van der Waals surface area contributed by atoms with Crippen molar-refractivity contribution in [2.45, 2.75) is 33.1 Å². The third-order valence-electron chi connectivity index (χ3n) is 5.84. The van der Waals surface area contributed by atoms with E-state index in [9.17, 15) is 4.79 Å². The SMILES string of the molecule is CC[C@@H](C)c1ccccc1OCCOc1ccc(/C=C2/C(=N)N3OC(C)=CC3=NC2=O)cc1OC. The summed E-state index contributed by atoms with van der Waals surface area (Å²) >= 11 is 0. The summed E-state index contributed by atoms with van der Waals surface area (Å²) in [6, 6.07) is 13.4. The number of methoxy groups -OCH3 is 1. The molecule has 0 saturated carbocycles. The van der Waals surface area contributed by atoms with Gasteiger partial charge in [0.15, 0.2) is 23.2 Å². The van der Waals surface area contributed by atoms with Crippen molar-refractivity contribution in [3.05, 3.63) is 71.0 Å². The number of hydrogen-bond donors (Lipinski definition) is 1. The molecule has 2 aromatic rings. The van der Waals surface area contributed by atoms with Gasteiger partial charge in [-0.05, 0) is 54.7 Å². The quantitative estimate of drug-likeness (QED) is 0.400. The standard InChI is InChI=1S/C27H29N3O5/c1-5-17(2)20-8-6-7-9-22(20)33-12-13-34-23-11-10-19(16-24(23)32-4)15-21-26(28)30-25(29-27(21)31)14-18(3)35-30/h6-11,14-17,28H,5,12-13H2,1-4H3/b21-15-,28-26?/t17-/m1/s1. The molecule has 0 bridgehead atoms. The molecule has 0 aliphatic carbocycles. The summed E-state index contributed by atoms with van der Waals surface area (Å²) in [6.07, 6.45) is 4.24. The average molecular weight is 476 g/mol. The van der Waals surface area contributed by atoms with E-state index in [1.54, 1.807) is 44.4 Å². The van der Waals surface area contributed by atoms with Crippen molar-refractivity contribution in [3.63, 3.8) is 0 Å². The van der Waals surface area contributed by atoms with E-state index in [-0.39, 0.29) is 11.4 Å². The van der Waals surface area contributed by atoms with Crippen LogP contribution in [0.25, 0.3) is 6.08 Å². The largest absolute Gasteiger partial charge is 0.493 e. The number of nitrogens with zero attached hydrogens (tertiary/aromatic N) is 2. The lowest BCUT2D eigenvalue weighted by Crippen LogP contribution is -2.38. The van der Waals surface area contributed by atoms with Crippen LogP contribution in [0.4, 0.5) is 0 Å². The zero-order valence-electron chi connectivity index (χ0n) is 20.3. The lowest BCUT2D eigenvalue weighted by Gasteiger charge is -2.23. The van der Waals surface area contributed by atoms with Crippen LogP contribution in [-0.2, 0) is 9.63 Å². The maximum Gasteiger partial charge on any atom is 0.282 e. The molecule has 2 aliphatic rings. The molecule has 0 spiro atoms. The van der Waals surface area contributed by atoms with E-state index >= 15 is 0 Å². The number of benzene rings is 2. The lowest BCUT2D eigenvalue weighted by atomic mass is 9.98. The molecule has 2 heterocycles. The normalized spacial score (nSPS) is 16.9. The zero-order valence-corrected chi connectivity index (χ0v) is 20.3. The average Bonchev–Trinajstić information content (AvgIpc) is 3.24. The molecule has 1 N–H and O–H groups in total. The molecular weight excluding hydrogens is 446 g/mol. The summed E-state index contributed by atoms with van der Waals surface area (Å²) in [5, 5.41) is 9.58. The summed E-state index contributed by atoms with van der Waals surface area (Å²) in [5.74, 6) is 2.67. The van der Waals surface area contributed by atoms with Crippen LogP contribution in [-0.4, -0.2) is 43.0 Å². The number of carbonyl (C=O) groups is 1. The highest BCUT2D eigenvalue weighted by Gasteiger charge is 2.34. The smallest absolute Gasteiger partial charge is 0.282 e. The molecule has 8 heteroatoms. The van der Waals surface area contributed by atoms with Gasteiger partial charge in [-0.2, -0.15) is 4.99 Å². The van der Waals surface area contributed by atoms with Crippen LogP contribution in [0.3, 0.4) is 0 Å². The molecule has 8 nitrogen and oxygen atoms in total. The molecule has 35 heavy (non-hydrogen) atoms. The highest BCUT2D eigenvalue weighted by Crippen LogP contribution is 2.31. The van der Waals surface area contributed by atoms with Crippen LogP contribution in [0.15, 0.2) is 64.9 Å². The Bertz CT molecular complexity index is 1230. The first kappa shape index (κ1) is 24.1. The molecule has 2 aliphatic heterocycles. The first-order valence-electron chi connectivity index (χ1n) is 11.5. The minimum Gasteiger partial charge on any atom is -0.493 e. The predicted octanol–water partition coefficient (Wildman–Crippen LogP) is 5.12. The van der Waals surface area contributed by atoms with Crippen LogP contribution in [0.5, 0.6) is 17.2 Å². The Balaban J connectivity index is 1.42. The maximum absolute atomic E-state index is 12.5. The molecule has 0 radical (unpaired) electrons. The van der Waals surface area contributed by atoms with Gasteiger partial charge in [-0.15, -0.1) is 5.06 Å². The van der Waals surface area contributed by atoms with Gasteiger partial charge in [-0.25, -0.2) is 0 Å². The van der Waals surface area contributed by atoms with E-state index < -0.39 is 5.91 Å². The Morgan fingerprint density at radius 1 is 1.11 bits per heavy atom. The Morgan fingerprint density at radius 3 is 2.60 bits per heavy atom. The number of para-hydroxylation sites is 1. The van der Waals surface area contributed by atoms with E-state index in [4.69, 9.17) is 24.5 Å². The number of fused-ring (bicyclic) bond motifs is 1. The molecule has 1 atom stereocenters. The van der Waals surface area contributed by atoms with Crippen molar-refractivity contribution in [1.29, 1.82) is 5.41 Å². The Kier molecular flexibility index (Phi) is 7.19. The fourth-order valence-corrected chi connectivity index (χ4v) is 3.80. The minimum atomic E-state index is -0.495. The fraction of sp³-hybridized carbons (Fsp3) is 0.296. The van der Waals surface area contributed by atoms with Gasteiger partial charge in [-0.1, -0.05) is 38.1 Å². The number of aliphatic imine (C=N–C) groups is 1. The van der Waals surface area contributed by atoms with Crippen LogP contribution < -0.4 is 14.2 Å². The number of amidine groups is 2. The van der Waals surface area contributed by atoms with Crippen LogP contribution in [0, 0.1) is 5.41 Å². The molecule has 182 valence electrons. The van der Waals surface area contributed by atoms with E-state index in [1.807, 2.05) is 18.2 Å². The van der Waals surface area contributed by atoms with E-state index in [1.165, 1.54) is 10.6 Å². The van der Waals surface area contributed by atoms with Gasteiger partial charge in [0, 0.05) is 6.08 Å². The number of hydrogen-bond acceptors (Lipinski definition) is 6. The second kappa shape index (κ2) is 10.5. The number of amides is 1. The van der Waals surface area contributed by atoms with Crippen molar-refractivity contribution < 1.29 is 23.8 Å². The lowest BCUT2D eigenvalue weighted by molar-refractivity contribution is -0.114. The van der Waals surface area contributed by atoms with Crippen LogP contribution >= 0.6 is 0 Å². The van der Waals surface area contributed by atoms with Crippen LogP contribution in [0.1, 0.15) is 44.2 Å². The van der Waals surface area contributed by atoms with E-state index in [2.05, 4.69) is 24.9 Å². The Hall–Kier alpha value is -4.07. The van der Waals surface area contributed by atoms with Gasteiger partial charge >= 0.3 is 0 Å². The molecule has 4 rings (SSSR count). The molecule has 0 fully saturated rings. The van der Waals surface area contributed by atoms with E-state index in [0.29, 0.717) is 47.8 Å². The Morgan fingerprint density at radius 2 is 1.86 bits per heavy atom. The number of rotatable bonds is 9. The molecule has 0 saturated heterocycles. The topological polar surface area (TPSA) is 93.4 Å². The summed E-state index contributed by atoms with van der Waals surface area (Å²) in [6.45, 7) is 6.81. The van der Waals surface area contributed by atoms with E-state index in [0.717, 1.165) is 12.2 Å². The molecule has 0 aromatic heterocycles. The predicted molar refractivity (Wildman–Crippen MR) is 134 cm³/mol. The minimum absolute atomic E-state index is 0.0674. The van der Waals surface area contributed by atoms with Gasteiger partial charge in [0.2, 0.25) is 0 Å². The highest BCUT2D eigenvalue weighted by molar-refractivity contribution is 6.32. The van der Waals surface area contributed by atoms with Crippen molar-refractivity contribution >= 4 is 23.7 Å². The van der Waals surface area contributed by atoms with Crippen molar-refractivity contribution in [3.8, 4) is 17.2 Å². The van der Waals surface area contributed by atoms with Gasteiger partial charge in [0.05, 0.1) is 12.7 Å². The number of allylic oxidation sites excluding steroid dienone is 1. The number of carbonyl (C=O) groups excluding carboxylic acids is 1. The van der Waals surface area contributed by atoms with Crippen molar-refractivity contribution in [2.75, 3.05) is 20.3 Å². The fourth-order valence-electron chi connectivity index (χ4n) is 3.80. The number of hydroxylamine groups is 2. The van der Waals surface area contributed by atoms with Crippen molar-refractivity contribution in [2.24, 2.45) is 4.99 Å². The second-order valence-electron chi connectivity index (χ2n) is 8.28. The monoisotopic (exact) mass is 475 g/mol. The zero-order chi connectivity index (χ0) is 24.9. The molecule has 2 aromatic carbocycles. The number of nitrogens with one attached hydrogen (secondary N) is 1. The Labute approximate surface area is 204 Å². The third-order valence-corrected chi connectivity index (χ3v) is 5.84. The van der Waals surface area contributed by atoms with Gasteiger partial charge in [-0.3, -0.25) is 10.2 Å². The van der Waals surface area contributed by atoms with Gasteiger partial charge < -0.3 is 19.0 Å². The maximum atomic E-state index is 12.5. The summed E-state index contributed by atoms with van der Waals surface area (Å²) in [5.41, 5.74) is 1.99.